The van der Waals surface area contributed by atoms with E-state index in [9.17, 15) is 9.59 Å². The zero-order valence-electron chi connectivity index (χ0n) is 8.17. The van der Waals surface area contributed by atoms with Crippen LogP contribution in [0.25, 0.3) is 0 Å². The van der Waals surface area contributed by atoms with Gasteiger partial charge in [0.1, 0.15) is 5.78 Å². The molecule has 1 N–H and O–H groups in total. The molecule has 1 saturated carbocycles. The maximum Gasteiger partial charge on any atom is 0.307 e. The first-order chi connectivity index (χ1) is 6.02. The molecule has 0 saturated heterocycles. The van der Waals surface area contributed by atoms with Crippen LogP contribution < -0.4 is 0 Å². The minimum absolute atomic E-state index is 0.127. The van der Waals surface area contributed by atoms with Crippen LogP contribution in [0.3, 0.4) is 0 Å². The van der Waals surface area contributed by atoms with E-state index in [1.54, 1.807) is 6.92 Å². The van der Waals surface area contributed by atoms with E-state index in [0.717, 1.165) is 12.8 Å². The first-order valence-electron chi connectivity index (χ1n) is 4.78. The highest BCUT2D eigenvalue weighted by molar-refractivity contribution is 5.91. The van der Waals surface area contributed by atoms with Crippen LogP contribution in [0, 0.1) is 11.3 Å². The van der Waals surface area contributed by atoms with E-state index in [4.69, 9.17) is 5.11 Å². The van der Waals surface area contributed by atoms with Crippen LogP contribution in [0.5, 0.6) is 0 Å². The van der Waals surface area contributed by atoms with Crippen molar-refractivity contribution in [1.82, 2.24) is 0 Å². The van der Waals surface area contributed by atoms with E-state index < -0.39 is 17.3 Å². The summed E-state index contributed by atoms with van der Waals surface area (Å²) in [5.41, 5.74) is -0.597. The summed E-state index contributed by atoms with van der Waals surface area (Å²) in [6.07, 6.45) is 2.67. The first kappa shape index (κ1) is 10.2. The Morgan fingerprint density at radius 2 is 2.31 bits per heavy atom. The molecule has 1 rings (SSSR count). The van der Waals surface area contributed by atoms with Gasteiger partial charge < -0.3 is 5.11 Å². The lowest BCUT2D eigenvalue weighted by molar-refractivity contribution is -0.150. The quantitative estimate of drug-likeness (QED) is 0.728. The van der Waals surface area contributed by atoms with E-state index in [0.29, 0.717) is 12.8 Å². The minimum Gasteiger partial charge on any atom is -0.481 e. The molecule has 0 aromatic rings. The summed E-state index contributed by atoms with van der Waals surface area (Å²) < 4.78 is 0. The number of carboxylic acids is 1. The zero-order chi connectivity index (χ0) is 10.1. The third-order valence-electron chi connectivity index (χ3n) is 3.21. The predicted octanol–water partition coefficient (Wildman–Crippen LogP) is 1.86. The lowest BCUT2D eigenvalue weighted by Crippen LogP contribution is -2.36. The molecule has 2 atom stereocenters. The Morgan fingerprint density at radius 3 is 2.62 bits per heavy atom. The average molecular weight is 184 g/mol. The van der Waals surface area contributed by atoms with E-state index in [1.165, 1.54) is 0 Å². The molecule has 0 amide bonds. The molecule has 74 valence electrons. The summed E-state index contributed by atoms with van der Waals surface area (Å²) in [6.45, 7) is 3.63. The largest absolute Gasteiger partial charge is 0.481 e. The van der Waals surface area contributed by atoms with Crippen molar-refractivity contribution in [2.45, 2.75) is 39.5 Å². The molecular weight excluding hydrogens is 168 g/mol. The van der Waals surface area contributed by atoms with Gasteiger partial charge in [-0.25, -0.2) is 0 Å². The van der Waals surface area contributed by atoms with Crippen molar-refractivity contribution >= 4 is 11.8 Å². The molecule has 1 aliphatic carbocycles. The third-order valence-corrected chi connectivity index (χ3v) is 3.21. The molecular formula is C10H16O3. The summed E-state index contributed by atoms with van der Waals surface area (Å²) in [5, 5.41) is 8.96. The maximum absolute atomic E-state index is 11.5. The highest BCUT2D eigenvalue weighted by atomic mass is 16.4. The van der Waals surface area contributed by atoms with Crippen molar-refractivity contribution in [2.75, 3.05) is 0 Å². The molecule has 3 heteroatoms. The van der Waals surface area contributed by atoms with Crippen LogP contribution in [-0.4, -0.2) is 16.9 Å². The monoisotopic (exact) mass is 184 g/mol. The molecule has 0 aliphatic heterocycles. The van der Waals surface area contributed by atoms with Crippen LogP contribution in [-0.2, 0) is 9.59 Å². The standard InChI is InChI=1S/C10H16O3/c1-3-7(9(12)13)10(2)6-4-5-8(10)11/h7H,3-6H2,1-2H3,(H,12,13). The molecule has 3 nitrogen and oxygen atoms in total. The Morgan fingerprint density at radius 1 is 1.69 bits per heavy atom. The molecule has 13 heavy (non-hydrogen) atoms. The second kappa shape index (κ2) is 3.48. The number of hydrogen-bond acceptors (Lipinski definition) is 2. The fourth-order valence-electron chi connectivity index (χ4n) is 2.31. The summed E-state index contributed by atoms with van der Waals surface area (Å²) >= 11 is 0. The maximum atomic E-state index is 11.5. The van der Waals surface area contributed by atoms with Crippen molar-refractivity contribution in [1.29, 1.82) is 0 Å². The molecule has 2 unspecified atom stereocenters. The Kier molecular flexibility index (Phi) is 2.74. The summed E-state index contributed by atoms with van der Waals surface area (Å²) in [6, 6.07) is 0. The highest BCUT2D eigenvalue weighted by Gasteiger charge is 2.46. The van der Waals surface area contributed by atoms with Gasteiger partial charge in [0.25, 0.3) is 0 Å². The fourth-order valence-corrected chi connectivity index (χ4v) is 2.31. The van der Waals surface area contributed by atoms with E-state index in [-0.39, 0.29) is 5.78 Å². The number of carbonyl (C=O) groups is 2. The Bertz CT molecular complexity index is 234. The van der Waals surface area contributed by atoms with Gasteiger partial charge in [0, 0.05) is 11.8 Å². The van der Waals surface area contributed by atoms with E-state index in [2.05, 4.69) is 0 Å². The minimum atomic E-state index is -0.833. The van der Waals surface area contributed by atoms with Gasteiger partial charge in [-0.3, -0.25) is 9.59 Å². The lowest BCUT2D eigenvalue weighted by atomic mass is 9.73. The van der Waals surface area contributed by atoms with E-state index in [1.807, 2.05) is 6.92 Å². The van der Waals surface area contributed by atoms with Crippen LogP contribution in [0.1, 0.15) is 39.5 Å². The molecule has 0 heterocycles. The molecule has 0 radical (unpaired) electrons. The highest BCUT2D eigenvalue weighted by Crippen LogP contribution is 2.42. The molecule has 0 bridgehead atoms. The predicted molar refractivity (Wildman–Crippen MR) is 48.4 cm³/mol. The molecule has 0 spiro atoms. The van der Waals surface area contributed by atoms with Crippen molar-refractivity contribution in [3.05, 3.63) is 0 Å². The first-order valence-corrected chi connectivity index (χ1v) is 4.78. The topological polar surface area (TPSA) is 54.4 Å². The SMILES string of the molecule is CCC(C(=O)O)C1(C)CCCC1=O. The van der Waals surface area contributed by atoms with Crippen molar-refractivity contribution in [3.63, 3.8) is 0 Å². The molecule has 0 aromatic carbocycles. The number of rotatable bonds is 3. The van der Waals surface area contributed by atoms with Gasteiger partial charge in [0.15, 0.2) is 0 Å². The third kappa shape index (κ3) is 1.60. The number of aliphatic carboxylic acids is 1. The van der Waals surface area contributed by atoms with Crippen LogP contribution in [0.2, 0.25) is 0 Å². The Hall–Kier alpha value is -0.860. The van der Waals surface area contributed by atoms with Crippen LogP contribution >= 0.6 is 0 Å². The summed E-state index contributed by atoms with van der Waals surface area (Å²) in [5.74, 6) is -1.20. The number of hydrogen-bond donors (Lipinski definition) is 1. The lowest BCUT2D eigenvalue weighted by Gasteiger charge is -2.28. The molecule has 1 fully saturated rings. The van der Waals surface area contributed by atoms with Crippen LogP contribution in [0.4, 0.5) is 0 Å². The van der Waals surface area contributed by atoms with Crippen molar-refractivity contribution in [3.8, 4) is 0 Å². The van der Waals surface area contributed by atoms with Crippen LogP contribution in [0.15, 0.2) is 0 Å². The summed E-state index contributed by atoms with van der Waals surface area (Å²) in [4.78, 5) is 22.5. The number of carbonyl (C=O) groups excluding carboxylic acids is 1. The second-order valence-corrected chi connectivity index (χ2v) is 3.99. The number of ketones is 1. The second-order valence-electron chi connectivity index (χ2n) is 3.99. The Labute approximate surface area is 78.1 Å². The number of carboxylic acid groups (broad SMARTS) is 1. The smallest absolute Gasteiger partial charge is 0.307 e. The van der Waals surface area contributed by atoms with Gasteiger partial charge >= 0.3 is 5.97 Å². The fraction of sp³-hybridized carbons (Fsp3) is 0.800. The van der Waals surface area contributed by atoms with Gasteiger partial charge in [-0.1, -0.05) is 13.8 Å². The Balaban J connectivity index is 2.88. The van der Waals surface area contributed by atoms with Gasteiger partial charge in [-0.15, -0.1) is 0 Å². The normalized spacial score (nSPS) is 30.5. The summed E-state index contributed by atoms with van der Waals surface area (Å²) in [7, 11) is 0. The van der Waals surface area contributed by atoms with Crippen molar-refractivity contribution in [2.24, 2.45) is 11.3 Å². The number of Topliss-reactive ketones (excluding diaryl/α,β-unsaturated/α-hetero) is 1. The average Bonchev–Trinajstić information content (AvgIpc) is 2.33. The van der Waals surface area contributed by atoms with E-state index >= 15 is 0 Å². The molecule has 1 aliphatic rings. The molecule has 0 aromatic heterocycles. The van der Waals surface area contributed by atoms with Gasteiger partial charge in [0.05, 0.1) is 5.92 Å². The van der Waals surface area contributed by atoms with Crippen molar-refractivity contribution < 1.29 is 14.7 Å². The van der Waals surface area contributed by atoms with Gasteiger partial charge in [0.2, 0.25) is 0 Å². The zero-order valence-corrected chi connectivity index (χ0v) is 8.17. The van der Waals surface area contributed by atoms with Gasteiger partial charge in [-0.2, -0.15) is 0 Å². The van der Waals surface area contributed by atoms with Gasteiger partial charge in [-0.05, 0) is 19.3 Å².